The normalized spacial score (nSPS) is 16.2. The Morgan fingerprint density at radius 2 is 1.15 bits per heavy atom. The number of rotatable bonds is 3. The second-order valence-electron chi connectivity index (χ2n) is 19.8. The fourth-order valence-electron chi connectivity index (χ4n) is 10.6. The Hall–Kier alpha value is -6.32. The average molecular weight is 782 g/mol. The fraction of sp³-hybridized carbons (Fsp3) is 0.228. The Morgan fingerprint density at radius 1 is 0.500 bits per heavy atom. The Bertz CT molecular complexity index is 3130. The molecule has 3 aliphatic rings. The molecule has 0 saturated carbocycles. The molecule has 0 atom stereocenters. The number of fused-ring (bicyclic) bond motifs is 11. The van der Waals surface area contributed by atoms with Crippen molar-refractivity contribution in [3.8, 4) is 22.6 Å². The molecular formula is C57H51NO2. The van der Waals surface area contributed by atoms with E-state index in [2.05, 4.69) is 213 Å². The van der Waals surface area contributed by atoms with Crippen LogP contribution in [0.2, 0.25) is 0 Å². The third-order valence-electron chi connectivity index (χ3n) is 14.1. The Balaban J connectivity index is 1.19. The van der Waals surface area contributed by atoms with Crippen LogP contribution in [0, 0.1) is 0 Å². The molecule has 2 heterocycles. The lowest BCUT2D eigenvalue weighted by molar-refractivity contribution is 0.416. The monoisotopic (exact) mass is 781 g/mol. The van der Waals surface area contributed by atoms with Crippen LogP contribution in [0.3, 0.4) is 0 Å². The third-order valence-corrected chi connectivity index (χ3v) is 14.1. The molecular weight excluding hydrogens is 731 g/mol. The van der Waals surface area contributed by atoms with Crippen LogP contribution in [0.1, 0.15) is 112 Å². The van der Waals surface area contributed by atoms with Crippen molar-refractivity contribution in [1.29, 1.82) is 0 Å². The van der Waals surface area contributed by atoms with E-state index in [1.54, 1.807) is 0 Å². The summed E-state index contributed by atoms with van der Waals surface area (Å²) in [5, 5.41) is 2.21. The molecule has 0 radical (unpaired) electrons. The summed E-state index contributed by atoms with van der Waals surface area (Å²) in [6.07, 6.45) is 4.55. The molecule has 60 heavy (non-hydrogen) atoms. The van der Waals surface area contributed by atoms with Gasteiger partial charge in [0.15, 0.2) is 0 Å². The van der Waals surface area contributed by atoms with E-state index in [4.69, 9.17) is 9.15 Å². The number of para-hydroxylation sites is 2. The number of hydrogen-bond acceptors (Lipinski definition) is 3. The van der Waals surface area contributed by atoms with Crippen molar-refractivity contribution >= 4 is 51.2 Å². The molecule has 0 unspecified atom stereocenters. The molecule has 7 aromatic carbocycles. The van der Waals surface area contributed by atoms with Gasteiger partial charge in [0.25, 0.3) is 0 Å². The highest BCUT2D eigenvalue weighted by Gasteiger charge is 2.40. The van der Waals surface area contributed by atoms with E-state index in [1.807, 2.05) is 0 Å². The minimum absolute atomic E-state index is 0.0233. The summed E-state index contributed by atoms with van der Waals surface area (Å²) in [5.41, 5.74) is 18.2. The summed E-state index contributed by atoms with van der Waals surface area (Å²) in [6, 6.07) is 49.4. The first-order valence-electron chi connectivity index (χ1n) is 21.4. The lowest BCUT2D eigenvalue weighted by atomic mass is 9.70. The zero-order valence-electron chi connectivity index (χ0n) is 36.1. The van der Waals surface area contributed by atoms with E-state index in [9.17, 15) is 0 Å². The van der Waals surface area contributed by atoms with Gasteiger partial charge in [-0.05, 0) is 105 Å². The van der Waals surface area contributed by atoms with Crippen molar-refractivity contribution in [2.45, 2.75) is 84.0 Å². The van der Waals surface area contributed by atoms with Crippen molar-refractivity contribution in [3.05, 3.63) is 184 Å². The maximum absolute atomic E-state index is 7.05. The van der Waals surface area contributed by atoms with Crippen LogP contribution in [-0.4, -0.2) is 0 Å². The smallest absolute Gasteiger partial charge is 0.145 e. The van der Waals surface area contributed by atoms with E-state index >= 15 is 0 Å². The lowest BCUT2D eigenvalue weighted by Gasteiger charge is -2.37. The number of nitrogens with zero attached hydrogens (tertiary/aromatic N) is 1. The zero-order valence-corrected chi connectivity index (χ0v) is 36.1. The summed E-state index contributed by atoms with van der Waals surface area (Å²) >= 11 is 0. The highest BCUT2D eigenvalue weighted by atomic mass is 16.5. The largest absolute Gasteiger partial charge is 0.457 e. The maximum atomic E-state index is 7.05. The van der Waals surface area contributed by atoms with Gasteiger partial charge in [-0.2, -0.15) is 0 Å². The van der Waals surface area contributed by atoms with Crippen molar-refractivity contribution in [1.82, 2.24) is 0 Å². The molecule has 0 N–H and O–H groups in total. The summed E-state index contributed by atoms with van der Waals surface area (Å²) in [7, 11) is 0. The summed E-state index contributed by atoms with van der Waals surface area (Å²) in [4.78, 5) is 2.49. The number of hydrogen-bond donors (Lipinski definition) is 0. The predicted molar refractivity (Wildman–Crippen MR) is 251 cm³/mol. The number of furan rings is 1. The van der Waals surface area contributed by atoms with Gasteiger partial charge in [0.1, 0.15) is 22.7 Å². The van der Waals surface area contributed by atoms with Crippen molar-refractivity contribution in [2.75, 3.05) is 4.90 Å². The standard InChI is InChI=1S/C57H51NO2/c1-54(2,3)35-23-25-36(26-24-35)58(37-27-29-39-38-16-10-12-18-42(38)55(4,5)45(39)31-37)48-33-46-40(53-52(48)41-17-11-14-20-49(41)60-53)28-22-34-30-51-47(32-44(34)57(46,8)9)56(6,7)43-19-13-15-21-50(43)59-51/h10-33H,1-9H3. The predicted octanol–water partition coefficient (Wildman–Crippen LogP) is 15.9. The number of benzene rings is 7. The molecule has 1 aliphatic heterocycles. The van der Waals surface area contributed by atoms with E-state index in [0.29, 0.717) is 0 Å². The highest BCUT2D eigenvalue weighted by molar-refractivity contribution is 6.16. The molecule has 11 rings (SSSR count). The van der Waals surface area contributed by atoms with E-state index < -0.39 is 5.41 Å². The van der Waals surface area contributed by atoms with Crippen LogP contribution >= 0.6 is 0 Å². The topological polar surface area (TPSA) is 25.6 Å². The van der Waals surface area contributed by atoms with Gasteiger partial charge in [-0.15, -0.1) is 0 Å². The molecule has 0 bridgehead atoms. The second-order valence-corrected chi connectivity index (χ2v) is 19.8. The van der Waals surface area contributed by atoms with E-state index in [-0.39, 0.29) is 16.2 Å². The third kappa shape index (κ3) is 5.14. The average Bonchev–Trinajstić information content (AvgIpc) is 3.69. The van der Waals surface area contributed by atoms with E-state index in [1.165, 1.54) is 50.1 Å². The first-order chi connectivity index (χ1) is 28.6. The van der Waals surface area contributed by atoms with Crippen molar-refractivity contribution in [2.24, 2.45) is 0 Å². The van der Waals surface area contributed by atoms with Crippen LogP contribution in [-0.2, 0) is 21.7 Å². The number of anilines is 3. The van der Waals surface area contributed by atoms with Crippen LogP contribution < -0.4 is 9.64 Å². The summed E-state index contributed by atoms with van der Waals surface area (Å²) < 4.78 is 13.7. The quantitative estimate of drug-likeness (QED) is 0.179. The molecule has 0 saturated heterocycles. The fourth-order valence-corrected chi connectivity index (χ4v) is 10.6. The molecule has 0 amide bonds. The molecule has 8 aromatic rings. The minimum atomic E-state index is -0.415. The van der Waals surface area contributed by atoms with Crippen LogP contribution in [0.15, 0.2) is 138 Å². The lowest BCUT2D eigenvalue weighted by Crippen LogP contribution is -2.27. The molecule has 296 valence electrons. The minimum Gasteiger partial charge on any atom is -0.457 e. The summed E-state index contributed by atoms with van der Waals surface area (Å²) in [6.45, 7) is 21.0. The Kier molecular flexibility index (Phi) is 7.57. The van der Waals surface area contributed by atoms with Gasteiger partial charge in [0, 0.05) is 49.7 Å². The molecule has 2 aliphatic carbocycles. The van der Waals surface area contributed by atoms with Crippen molar-refractivity contribution < 1.29 is 9.15 Å². The molecule has 3 nitrogen and oxygen atoms in total. The van der Waals surface area contributed by atoms with Gasteiger partial charge in [-0.25, -0.2) is 0 Å². The highest BCUT2D eigenvalue weighted by Crippen LogP contribution is 2.55. The molecule has 0 spiro atoms. The van der Waals surface area contributed by atoms with Gasteiger partial charge < -0.3 is 14.1 Å². The van der Waals surface area contributed by atoms with Gasteiger partial charge >= 0.3 is 0 Å². The van der Waals surface area contributed by atoms with Crippen LogP contribution in [0.4, 0.5) is 17.1 Å². The van der Waals surface area contributed by atoms with Crippen LogP contribution in [0.25, 0.3) is 45.2 Å². The van der Waals surface area contributed by atoms with Crippen molar-refractivity contribution in [3.63, 3.8) is 0 Å². The van der Waals surface area contributed by atoms with Gasteiger partial charge in [-0.1, -0.05) is 153 Å². The number of ether oxygens (including phenoxy) is 1. The maximum Gasteiger partial charge on any atom is 0.145 e. The first-order valence-corrected chi connectivity index (χ1v) is 21.4. The SMILES string of the molecule is CC(C)(C)c1ccc(N(c2ccc3c(c2)C(C)(C)c2ccccc2-3)c2cc3c(c4oc5ccccc5c24)C=Cc2cc4c(cc2C3(C)C)C(C)(C)c2ccccc2O4)cc1. The van der Waals surface area contributed by atoms with Gasteiger partial charge in [0.2, 0.25) is 0 Å². The first kappa shape index (κ1) is 36.7. The molecule has 0 fully saturated rings. The van der Waals surface area contributed by atoms with E-state index in [0.717, 1.165) is 61.6 Å². The van der Waals surface area contributed by atoms with Crippen LogP contribution in [0.5, 0.6) is 11.5 Å². The van der Waals surface area contributed by atoms with Gasteiger partial charge in [-0.3, -0.25) is 0 Å². The Labute approximate surface area is 354 Å². The van der Waals surface area contributed by atoms with Gasteiger partial charge in [0.05, 0.1) is 11.1 Å². The molecule has 1 aromatic heterocycles. The zero-order chi connectivity index (χ0) is 41.5. The molecule has 3 heteroatoms. The summed E-state index contributed by atoms with van der Waals surface area (Å²) in [5.74, 6) is 1.85. The Morgan fingerprint density at radius 3 is 1.93 bits per heavy atom. The second kappa shape index (κ2) is 12.4.